The summed E-state index contributed by atoms with van der Waals surface area (Å²) < 4.78 is 0. The molecule has 0 aromatic heterocycles. The summed E-state index contributed by atoms with van der Waals surface area (Å²) in [5, 5.41) is 3.33. The molecule has 1 aromatic carbocycles. The van der Waals surface area contributed by atoms with E-state index in [1.165, 1.54) is 0 Å². The van der Waals surface area contributed by atoms with Crippen LogP contribution in [-0.2, 0) is 0 Å². The van der Waals surface area contributed by atoms with Gasteiger partial charge in [0.15, 0.2) is 0 Å². The van der Waals surface area contributed by atoms with Crippen molar-refractivity contribution in [2.24, 2.45) is 0 Å². The summed E-state index contributed by atoms with van der Waals surface area (Å²) in [5.41, 5.74) is 0. The number of hydrogen-bond acceptors (Lipinski definition) is 0. The highest BCUT2D eigenvalue weighted by Crippen LogP contribution is 2.06. The van der Waals surface area contributed by atoms with Gasteiger partial charge in [-0.3, -0.25) is 0 Å². The van der Waals surface area contributed by atoms with E-state index in [-0.39, 0.29) is 0 Å². The van der Waals surface area contributed by atoms with E-state index >= 15 is 0 Å². The molecule has 2 heteroatoms. The van der Waals surface area contributed by atoms with Crippen LogP contribution >= 0.6 is 0 Å². The van der Waals surface area contributed by atoms with Crippen molar-refractivity contribution in [1.82, 2.24) is 0 Å². The van der Waals surface area contributed by atoms with Crippen molar-refractivity contribution in [2.75, 3.05) is 0 Å². The van der Waals surface area contributed by atoms with Crippen LogP contribution in [0.4, 0.5) is 0 Å². The zero-order valence-electron chi connectivity index (χ0n) is 10.3. The van der Waals surface area contributed by atoms with Crippen molar-refractivity contribution in [1.29, 1.82) is 0 Å². The van der Waals surface area contributed by atoms with Crippen LogP contribution in [0, 0.1) is 0 Å². The van der Waals surface area contributed by atoms with Crippen LogP contribution in [0.25, 0.3) is 0 Å². The van der Waals surface area contributed by atoms with Gasteiger partial charge in [-0.1, -0.05) is 73.9 Å². The lowest BCUT2D eigenvalue weighted by atomic mass is 10.4. The Bertz CT molecular complexity index is 283. The minimum absolute atomic E-state index is 1.15. The van der Waals surface area contributed by atoms with Gasteiger partial charge < -0.3 is 0 Å². The number of benzene rings is 1. The first-order valence-electron chi connectivity index (χ1n) is 5.33. The minimum atomic E-state index is -1.15. The Hall–Kier alpha value is -0.346. The highest BCUT2D eigenvalue weighted by atomic mass is 28.3. The molecule has 14 heavy (non-hydrogen) atoms. The average molecular weight is 222 g/mol. The molecule has 0 aliphatic rings. The lowest BCUT2D eigenvalue weighted by molar-refractivity contribution is 1.66. The number of rotatable bonds is 2. The Morgan fingerprint density at radius 2 is 0.929 bits per heavy atom. The summed E-state index contributed by atoms with van der Waals surface area (Å²) in [6.07, 6.45) is 0. The molecule has 1 rings (SSSR count). The first-order valence-corrected chi connectivity index (χ1v) is 12.3. The Balaban J connectivity index is 3.31. The van der Waals surface area contributed by atoms with Gasteiger partial charge in [0, 0.05) is 0 Å². The molecule has 0 N–H and O–H groups in total. The fourth-order valence-electron chi connectivity index (χ4n) is 1.79. The maximum Gasteiger partial charge on any atom is 0.0774 e. The molecule has 0 atom stereocenters. The van der Waals surface area contributed by atoms with Crippen LogP contribution in [0.1, 0.15) is 0 Å². The van der Waals surface area contributed by atoms with Gasteiger partial charge in [0.05, 0.1) is 16.1 Å². The fourth-order valence-corrected chi connectivity index (χ4v) is 7.02. The quantitative estimate of drug-likeness (QED) is 0.675. The van der Waals surface area contributed by atoms with Gasteiger partial charge in [0.1, 0.15) is 0 Å². The first-order chi connectivity index (χ1) is 6.23. The van der Waals surface area contributed by atoms with Gasteiger partial charge in [0.25, 0.3) is 0 Å². The summed E-state index contributed by atoms with van der Waals surface area (Å²) in [4.78, 5) is 0. The van der Waals surface area contributed by atoms with Crippen LogP contribution in [0.3, 0.4) is 0 Å². The molecule has 0 saturated heterocycles. The van der Waals surface area contributed by atoms with E-state index in [1.54, 1.807) is 10.4 Å². The number of hydrogen-bond donors (Lipinski definition) is 0. The second-order valence-corrected chi connectivity index (χ2v) is 16.1. The lowest BCUT2D eigenvalue weighted by Gasteiger charge is -2.27. The molecule has 0 unspecified atom stereocenters. The summed E-state index contributed by atoms with van der Waals surface area (Å²) in [6.45, 7) is 14.6. The average Bonchev–Trinajstić information content (AvgIpc) is 2.01. The van der Waals surface area contributed by atoms with Crippen LogP contribution in [0.5, 0.6) is 0 Å². The van der Waals surface area contributed by atoms with E-state index < -0.39 is 16.1 Å². The van der Waals surface area contributed by atoms with E-state index in [0.717, 1.165) is 0 Å². The van der Waals surface area contributed by atoms with Crippen molar-refractivity contribution in [2.45, 2.75) is 39.3 Å². The van der Waals surface area contributed by atoms with Gasteiger partial charge in [-0.25, -0.2) is 0 Å². The second-order valence-electron chi connectivity index (χ2n) is 6.05. The van der Waals surface area contributed by atoms with Crippen molar-refractivity contribution >= 4 is 26.5 Å². The smallest absolute Gasteiger partial charge is 0.0656 e. The zero-order valence-corrected chi connectivity index (χ0v) is 12.3. The maximum atomic E-state index is 2.44. The summed E-state index contributed by atoms with van der Waals surface area (Å²) in [6, 6.07) is 9.08. The van der Waals surface area contributed by atoms with Crippen LogP contribution in [-0.4, -0.2) is 16.1 Å². The molecule has 0 spiro atoms. The summed E-state index contributed by atoms with van der Waals surface area (Å²) in [5.74, 6) is 0. The Morgan fingerprint density at radius 1 is 0.643 bits per heavy atom. The van der Waals surface area contributed by atoms with Gasteiger partial charge in [-0.15, -0.1) is 0 Å². The molecule has 0 bridgehead atoms. The summed E-state index contributed by atoms with van der Waals surface area (Å²) >= 11 is 0. The minimum Gasteiger partial charge on any atom is -0.0656 e. The lowest BCUT2D eigenvalue weighted by Crippen LogP contribution is -2.56. The third-order valence-electron chi connectivity index (χ3n) is 2.54. The fraction of sp³-hybridized carbons (Fsp3) is 0.500. The van der Waals surface area contributed by atoms with Gasteiger partial charge in [0.2, 0.25) is 0 Å². The van der Waals surface area contributed by atoms with Crippen LogP contribution in [0.2, 0.25) is 39.3 Å². The molecule has 0 fully saturated rings. The third-order valence-corrected chi connectivity index (χ3v) is 6.90. The SMILES string of the molecule is C[Si](C)(C)c1ccccc1[Si](C)(C)C. The topological polar surface area (TPSA) is 0 Å². The van der Waals surface area contributed by atoms with Crippen LogP contribution < -0.4 is 10.4 Å². The van der Waals surface area contributed by atoms with E-state index in [2.05, 4.69) is 63.5 Å². The molecular formula is C12H22Si2. The van der Waals surface area contributed by atoms with Crippen molar-refractivity contribution in [3.05, 3.63) is 24.3 Å². The Labute approximate surface area is 90.4 Å². The molecule has 0 nitrogen and oxygen atoms in total. The van der Waals surface area contributed by atoms with E-state index in [0.29, 0.717) is 0 Å². The molecule has 0 aliphatic carbocycles. The van der Waals surface area contributed by atoms with Gasteiger partial charge in [-0.2, -0.15) is 0 Å². The zero-order chi connectivity index (χ0) is 11.0. The first kappa shape index (κ1) is 11.7. The summed E-state index contributed by atoms with van der Waals surface area (Å²) in [7, 11) is -2.31. The molecule has 78 valence electrons. The highest BCUT2D eigenvalue weighted by Gasteiger charge is 2.26. The van der Waals surface area contributed by atoms with Gasteiger partial charge >= 0.3 is 0 Å². The maximum absolute atomic E-state index is 2.44. The predicted octanol–water partition coefficient (Wildman–Crippen LogP) is 2.78. The molecule has 0 amide bonds. The molecule has 1 aromatic rings. The highest BCUT2D eigenvalue weighted by molar-refractivity contribution is 6.98. The third kappa shape index (κ3) is 2.58. The molecule has 0 radical (unpaired) electrons. The standard InChI is InChI=1S/C12H22Si2/c1-13(2,3)11-9-7-8-10-12(11)14(4,5)6/h7-10H,1-6H3. The van der Waals surface area contributed by atoms with Crippen molar-refractivity contribution < 1.29 is 0 Å². The van der Waals surface area contributed by atoms with Crippen molar-refractivity contribution in [3.8, 4) is 0 Å². The van der Waals surface area contributed by atoms with E-state index in [4.69, 9.17) is 0 Å². The predicted molar refractivity (Wildman–Crippen MR) is 72.4 cm³/mol. The van der Waals surface area contributed by atoms with Crippen LogP contribution in [0.15, 0.2) is 24.3 Å². The van der Waals surface area contributed by atoms with Gasteiger partial charge in [-0.05, 0) is 0 Å². The Kier molecular flexibility index (Phi) is 3.07. The molecular weight excluding hydrogens is 200 g/mol. The van der Waals surface area contributed by atoms with E-state index in [9.17, 15) is 0 Å². The van der Waals surface area contributed by atoms with E-state index in [1.807, 2.05) is 0 Å². The Morgan fingerprint density at radius 3 is 1.14 bits per heavy atom. The second kappa shape index (κ2) is 3.67. The largest absolute Gasteiger partial charge is 0.0774 e. The van der Waals surface area contributed by atoms with Crippen molar-refractivity contribution in [3.63, 3.8) is 0 Å². The molecule has 0 heterocycles. The monoisotopic (exact) mass is 222 g/mol. The normalized spacial score (nSPS) is 13.0. The molecule has 0 saturated carbocycles. The molecule has 0 aliphatic heterocycles.